The van der Waals surface area contributed by atoms with Crippen molar-refractivity contribution in [2.45, 2.75) is 39.2 Å². The zero-order valence-electron chi connectivity index (χ0n) is 17.9. The lowest BCUT2D eigenvalue weighted by Crippen LogP contribution is -2.28. The molecule has 1 atom stereocenters. The minimum Gasteiger partial charge on any atom is -0.373 e. The van der Waals surface area contributed by atoms with Crippen LogP contribution in [0.2, 0.25) is 0 Å². The quantitative estimate of drug-likeness (QED) is 0.754. The van der Waals surface area contributed by atoms with Crippen LogP contribution in [0.25, 0.3) is 0 Å². The summed E-state index contributed by atoms with van der Waals surface area (Å²) in [7, 11) is 3.52. The average Bonchev–Trinajstić information content (AvgIpc) is 3.09. The summed E-state index contributed by atoms with van der Waals surface area (Å²) in [6.45, 7) is 4.78. The fourth-order valence-corrected chi connectivity index (χ4v) is 3.51. The molecule has 30 heavy (non-hydrogen) atoms. The van der Waals surface area contributed by atoms with E-state index in [4.69, 9.17) is 0 Å². The van der Waals surface area contributed by atoms with Crippen molar-refractivity contribution in [3.8, 4) is 0 Å². The maximum absolute atomic E-state index is 13.2. The fourth-order valence-electron chi connectivity index (χ4n) is 3.51. The maximum Gasteiger partial charge on any atom is 0.227 e. The van der Waals surface area contributed by atoms with Gasteiger partial charge in [0.25, 0.3) is 0 Å². The monoisotopic (exact) mass is 413 g/mol. The molecule has 160 valence electrons. The van der Waals surface area contributed by atoms with Crippen molar-refractivity contribution >= 4 is 23.3 Å². The number of aromatic nitrogens is 2. The number of amides is 2. The third-order valence-electron chi connectivity index (χ3n) is 5.12. The van der Waals surface area contributed by atoms with E-state index in [1.54, 1.807) is 36.0 Å². The second kappa shape index (κ2) is 9.19. The first-order chi connectivity index (χ1) is 14.3. The van der Waals surface area contributed by atoms with Crippen molar-refractivity contribution in [2.75, 3.05) is 30.9 Å². The van der Waals surface area contributed by atoms with Crippen LogP contribution in [-0.4, -0.2) is 47.3 Å². The summed E-state index contributed by atoms with van der Waals surface area (Å²) >= 11 is 0. The van der Waals surface area contributed by atoms with Crippen LogP contribution in [-0.2, 0) is 16.1 Å². The first-order valence-electron chi connectivity index (χ1n) is 10.1. The molecule has 2 aromatic rings. The largest absolute Gasteiger partial charge is 0.373 e. The van der Waals surface area contributed by atoms with Crippen molar-refractivity contribution in [1.29, 1.82) is 0 Å². The molecule has 1 aromatic carbocycles. The number of hydrogen-bond acceptors (Lipinski definition) is 5. The number of carbonyl (C=O) groups excluding carboxylic acids is 2. The minimum absolute atomic E-state index is 0.0259. The summed E-state index contributed by atoms with van der Waals surface area (Å²) in [5.74, 6) is 1.04. The second-order valence-corrected chi connectivity index (χ2v) is 8.07. The van der Waals surface area contributed by atoms with Crippen LogP contribution in [0.4, 0.5) is 15.9 Å². The van der Waals surface area contributed by atoms with Crippen LogP contribution >= 0.6 is 0 Å². The van der Waals surface area contributed by atoms with E-state index in [-0.39, 0.29) is 29.5 Å². The lowest BCUT2D eigenvalue weighted by Gasteiger charge is -2.19. The molecule has 0 spiro atoms. The highest BCUT2D eigenvalue weighted by atomic mass is 19.1. The van der Waals surface area contributed by atoms with Crippen LogP contribution in [0, 0.1) is 11.7 Å². The fraction of sp³-hybridized carbons (Fsp3) is 0.455. The Hall–Kier alpha value is -3.03. The van der Waals surface area contributed by atoms with Crippen molar-refractivity contribution in [2.24, 2.45) is 5.92 Å². The Kier molecular flexibility index (Phi) is 6.64. The maximum atomic E-state index is 13.2. The summed E-state index contributed by atoms with van der Waals surface area (Å²) < 4.78 is 13.2. The molecule has 0 radical (unpaired) electrons. The predicted octanol–water partition coefficient (Wildman–Crippen LogP) is 3.18. The van der Waals surface area contributed by atoms with Gasteiger partial charge in [-0.2, -0.15) is 0 Å². The standard InChI is InChI=1S/C22H28FN5O2/c1-14(2)9-21(29)27(4)13-20-25-18(11-19(24-3)26-20)15-10-22(30)28(12-15)17-7-5-16(23)6-8-17/h5-8,11,14-15H,9-10,12-13H2,1-4H3,(H,24,25,26)/t15-/m1/s1. The van der Waals surface area contributed by atoms with E-state index in [0.29, 0.717) is 43.3 Å². The zero-order chi connectivity index (χ0) is 21.8. The molecule has 0 aliphatic carbocycles. The molecule has 0 bridgehead atoms. The van der Waals surface area contributed by atoms with Crippen LogP contribution in [0.3, 0.4) is 0 Å². The highest BCUT2D eigenvalue weighted by Crippen LogP contribution is 2.31. The molecular weight excluding hydrogens is 385 g/mol. The Morgan fingerprint density at radius 2 is 2.00 bits per heavy atom. The molecule has 1 aromatic heterocycles. The number of carbonyl (C=O) groups is 2. The lowest BCUT2D eigenvalue weighted by molar-refractivity contribution is -0.131. The molecular formula is C22H28FN5O2. The van der Waals surface area contributed by atoms with Gasteiger partial charge in [-0.1, -0.05) is 13.8 Å². The molecule has 1 N–H and O–H groups in total. The molecule has 2 heterocycles. The van der Waals surface area contributed by atoms with Crippen molar-refractivity contribution in [1.82, 2.24) is 14.9 Å². The minimum atomic E-state index is -0.336. The summed E-state index contributed by atoms with van der Waals surface area (Å²) in [4.78, 5) is 37.3. The topological polar surface area (TPSA) is 78.4 Å². The highest BCUT2D eigenvalue weighted by molar-refractivity contribution is 5.96. The Morgan fingerprint density at radius 1 is 1.30 bits per heavy atom. The Balaban J connectivity index is 1.79. The smallest absolute Gasteiger partial charge is 0.227 e. The second-order valence-electron chi connectivity index (χ2n) is 8.07. The molecule has 7 nitrogen and oxygen atoms in total. The number of anilines is 2. The van der Waals surface area contributed by atoms with Crippen LogP contribution in [0.1, 0.15) is 44.1 Å². The van der Waals surface area contributed by atoms with Crippen molar-refractivity contribution in [3.63, 3.8) is 0 Å². The number of nitrogens with one attached hydrogen (secondary N) is 1. The van der Waals surface area contributed by atoms with Gasteiger partial charge in [-0.15, -0.1) is 0 Å². The van der Waals surface area contributed by atoms with E-state index in [1.807, 2.05) is 19.9 Å². The highest BCUT2D eigenvalue weighted by Gasteiger charge is 2.33. The molecule has 1 saturated heterocycles. The van der Waals surface area contributed by atoms with Crippen molar-refractivity contribution in [3.05, 3.63) is 47.7 Å². The Morgan fingerprint density at radius 3 is 2.63 bits per heavy atom. The van der Waals surface area contributed by atoms with E-state index >= 15 is 0 Å². The molecule has 3 rings (SSSR count). The van der Waals surface area contributed by atoms with E-state index in [2.05, 4.69) is 15.3 Å². The zero-order valence-corrected chi connectivity index (χ0v) is 17.9. The van der Waals surface area contributed by atoms with Gasteiger partial charge in [0.15, 0.2) is 0 Å². The molecule has 0 saturated carbocycles. The predicted molar refractivity (Wildman–Crippen MR) is 114 cm³/mol. The average molecular weight is 413 g/mol. The lowest BCUT2D eigenvalue weighted by atomic mass is 10.0. The number of nitrogens with zero attached hydrogens (tertiary/aromatic N) is 4. The summed E-state index contributed by atoms with van der Waals surface area (Å²) in [6, 6.07) is 7.75. The summed E-state index contributed by atoms with van der Waals surface area (Å²) in [5.41, 5.74) is 1.43. The van der Waals surface area contributed by atoms with Crippen LogP contribution in [0.15, 0.2) is 30.3 Å². The summed E-state index contributed by atoms with van der Waals surface area (Å²) in [5, 5.41) is 3.03. The first kappa shape index (κ1) is 21.7. The molecule has 1 fully saturated rings. The van der Waals surface area contributed by atoms with Crippen LogP contribution < -0.4 is 10.2 Å². The van der Waals surface area contributed by atoms with Gasteiger partial charge in [0.1, 0.15) is 17.5 Å². The van der Waals surface area contributed by atoms with Gasteiger partial charge in [0, 0.05) is 51.2 Å². The van der Waals surface area contributed by atoms with E-state index in [0.717, 1.165) is 5.69 Å². The van der Waals surface area contributed by atoms with Gasteiger partial charge in [-0.3, -0.25) is 9.59 Å². The van der Waals surface area contributed by atoms with Gasteiger partial charge in [-0.25, -0.2) is 14.4 Å². The molecule has 1 aliphatic rings. The number of hydrogen-bond donors (Lipinski definition) is 1. The van der Waals surface area contributed by atoms with Gasteiger partial charge in [-0.05, 0) is 30.2 Å². The van der Waals surface area contributed by atoms with Gasteiger partial charge in [0.2, 0.25) is 11.8 Å². The van der Waals surface area contributed by atoms with Crippen molar-refractivity contribution < 1.29 is 14.0 Å². The third-order valence-corrected chi connectivity index (χ3v) is 5.12. The van der Waals surface area contributed by atoms with Gasteiger partial charge in [0.05, 0.1) is 12.2 Å². The molecule has 8 heteroatoms. The SMILES string of the molecule is CNc1cc([C@@H]2CC(=O)N(c3ccc(F)cc3)C2)nc(CN(C)C(=O)CC(C)C)n1. The Labute approximate surface area is 176 Å². The number of benzene rings is 1. The van der Waals surface area contributed by atoms with Gasteiger partial charge >= 0.3 is 0 Å². The summed E-state index contributed by atoms with van der Waals surface area (Å²) in [6.07, 6.45) is 0.790. The third kappa shape index (κ3) is 5.11. The molecule has 2 amide bonds. The van der Waals surface area contributed by atoms with E-state index in [1.165, 1.54) is 12.1 Å². The normalized spacial score (nSPS) is 16.3. The number of halogens is 1. The molecule has 1 aliphatic heterocycles. The first-order valence-corrected chi connectivity index (χ1v) is 10.1. The van der Waals surface area contributed by atoms with E-state index in [9.17, 15) is 14.0 Å². The van der Waals surface area contributed by atoms with E-state index < -0.39 is 0 Å². The molecule has 0 unspecified atom stereocenters. The Bertz CT molecular complexity index is 916. The van der Waals surface area contributed by atoms with Gasteiger partial charge < -0.3 is 15.1 Å². The number of rotatable bonds is 7. The van der Waals surface area contributed by atoms with Crippen LogP contribution in [0.5, 0.6) is 0 Å².